The average Bonchev–Trinajstić information content (AvgIpc) is 1.89. The van der Waals surface area contributed by atoms with Crippen LogP contribution in [0, 0.1) is 0 Å². The van der Waals surface area contributed by atoms with Crippen LogP contribution in [0.1, 0.15) is 0 Å². The predicted octanol–water partition coefficient (Wildman–Crippen LogP) is -3.48. The van der Waals surface area contributed by atoms with Gasteiger partial charge in [-0.1, -0.05) is 0 Å². The smallest absolute Gasteiger partial charge is 0.207 e. The van der Waals surface area contributed by atoms with E-state index in [9.17, 15) is 0 Å². The average molecular weight is 268 g/mol. The molecule has 0 bridgehead atoms. The Labute approximate surface area is 81.7 Å². The molecule has 56 valence electrons. The van der Waals surface area contributed by atoms with Gasteiger partial charge in [0.15, 0.2) is 5.37 Å². The van der Waals surface area contributed by atoms with Crippen molar-refractivity contribution in [2.24, 2.45) is 4.99 Å². The largest absolute Gasteiger partial charge is 1.00 e. The number of rotatable bonds is 1. The van der Waals surface area contributed by atoms with Crippen LogP contribution in [0.3, 0.4) is 0 Å². The molecule has 0 aliphatic carbocycles. The zero-order chi connectivity index (χ0) is 6.69. The Hall–Kier alpha value is 0.160. The third kappa shape index (κ3) is 2.42. The molecule has 2 nitrogen and oxygen atoms in total. The monoisotopic (exact) mass is 268 g/mol. The number of thioether (sulfide) groups is 1. The fraction of sp³-hybridized carbons (Fsp3) is 0.333. The summed E-state index contributed by atoms with van der Waals surface area (Å²) in [6.45, 7) is 0. The maximum atomic E-state index is 5.58. The molecule has 0 saturated heterocycles. The minimum absolute atomic E-state index is 0. The Morgan fingerprint density at radius 1 is 1.70 bits per heavy atom. The van der Waals surface area contributed by atoms with E-state index in [0.717, 1.165) is 5.71 Å². The van der Waals surface area contributed by atoms with Crippen LogP contribution in [0.2, 0.25) is 0 Å². The van der Waals surface area contributed by atoms with Gasteiger partial charge in [0, 0.05) is 12.3 Å². The van der Waals surface area contributed by atoms with Crippen molar-refractivity contribution in [1.82, 2.24) is 0 Å². The van der Waals surface area contributed by atoms with Gasteiger partial charge in [-0.15, -0.1) is 11.8 Å². The number of allylic oxidation sites excluding steroid dienone is 1. The van der Waals surface area contributed by atoms with Gasteiger partial charge in [-0.2, -0.15) is 0 Å². The van der Waals surface area contributed by atoms with Gasteiger partial charge < -0.3 is 24.0 Å². The summed E-state index contributed by atoms with van der Waals surface area (Å²) in [6, 6.07) is 0. The van der Waals surface area contributed by atoms with Crippen LogP contribution >= 0.6 is 11.8 Å². The molecule has 0 fully saturated rings. The highest BCUT2D eigenvalue weighted by molar-refractivity contribution is 7.99. The quantitative estimate of drug-likeness (QED) is 0.493. The molecule has 1 heterocycles. The maximum Gasteiger partial charge on any atom is 0.207 e. The second-order valence-corrected chi connectivity index (χ2v) is 2.66. The fourth-order valence-corrected chi connectivity index (χ4v) is 1.19. The standard InChI is InChI=1S/C6H8N2S.HI/c1-9-6-5(7)3-2-4-8-6;/h2-4,6-7H,1H3;1H. The maximum absolute atomic E-state index is 5.58. The van der Waals surface area contributed by atoms with Crippen LogP contribution in [0.5, 0.6) is 0 Å². The van der Waals surface area contributed by atoms with Gasteiger partial charge in [-0.25, -0.2) is 0 Å². The predicted molar refractivity (Wildman–Crippen MR) is 41.9 cm³/mol. The van der Waals surface area contributed by atoms with Crippen molar-refractivity contribution < 1.29 is 29.4 Å². The highest BCUT2D eigenvalue weighted by Gasteiger charge is 2.14. The van der Waals surface area contributed by atoms with Gasteiger partial charge in [-0.05, 0) is 12.3 Å². The molecule has 1 unspecified atom stereocenters. The molecule has 1 aliphatic heterocycles. The first-order valence-electron chi connectivity index (χ1n) is 2.69. The number of dihydropyridines is 1. The fourth-order valence-electron chi connectivity index (χ4n) is 0.647. The second-order valence-electron chi connectivity index (χ2n) is 1.75. The van der Waals surface area contributed by atoms with Crippen LogP contribution in [-0.4, -0.2) is 23.6 Å². The molecule has 0 aromatic carbocycles. The Bertz CT molecular complexity index is 177. The molecule has 2 N–H and O–H groups in total. The minimum atomic E-state index is 0. The van der Waals surface area contributed by atoms with Crippen molar-refractivity contribution in [3.63, 3.8) is 0 Å². The molecule has 0 amide bonds. The van der Waals surface area contributed by atoms with Crippen LogP contribution in [0.15, 0.2) is 17.1 Å². The van der Waals surface area contributed by atoms with E-state index < -0.39 is 0 Å². The molecule has 0 saturated carbocycles. The van der Waals surface area contributed by atoms with Crippen molar-refractivity contribution in [1.29, 1.82) is 0 Å². The SMILES string of the molecule is CSC1N=CC=CC1=[NH2+].[I-]. The lowest BCUT2D eigenvalue weighted by atomic mass is 10.3. The van der Waals surface area contributed by atoms with E-state index in [1.165, 1.54) is 0 Å². The highest BCUT2D eigenvalue weighted by atomic mass is 127. The molecule has 1 atom stereocenters. The Balaban J connectivity index is 0.000000810. The first-order chi connectivity index (χ1) is 4.34. The normalized spacial score (nSPS) is 22.5. The molecule has 0 aromatic rings. The molecule has 1 rings (SSSR count). The molecule has 0 radical (unpaired) electrons. The lowest BCUT2D eigenvalue weighted by Gasteiger charge is -2.04. The van der Waals surface area contributed by atoms with Crippen LogP contribution in [0.4, 0.5) is 0 Å². The van der Waals surface area contributed by atoms with E-state index in [2.05, 4.69) is 4.99 Å². The third-order valence-corrected chi connectivity index (χ3v) is 1.95. The van der Waals surface area contributed by atoms with Gasteiger partial charge >= 0.3 is 0 Å². The zero-order valence-corrected chi connectivity index (χ0v) is 8.59. The minimum Gasteiger partial charge on any atom is -1.00 e. The summed E-state index contributed by atoms with van der Waals surface area (Å²) in [5.41, 5.74) is 0.838. The topological polar surface area (TPSA) is 38.0 Å². The molecule has 10 heavy (non-hydrogen) atoms. The van der Waals surface area contributed by atoms with Crippen molar-refractivity contribution in [2.75, 3.05) is 6.26 Å². The molecular formula is C6H9IN2S. The van der Waals surface area contributed by atoms with E-state index in [0.29, 0.717) is 0 Å². The second kappa shape index (κ2) is 4.90. The van der Waals surface area contributed by atoms with Crippen LogP contribution < -0.4 is 29.4 Å². The molecule has 0 spiro atoms. The van der Waals surface area contributed by atoms with Gasteiger partial charge in [0.2, 0.25) is 5.71 Å². The van der Waals surface area contributed by atoms with Gasteiger partial charge in [0.1, 0.15) is 0 Å². The van der Waals surface area contributed by atoms with Crippen molar-refractivity contribution in [3.8, 4) is 0 Å². The van der Waals surface area contributed by atoms with Crippen LogP contribution in [0.25, 0.3) is 0 Å². The summed E-state index contributed by atoms with van der Waals surface area (Å²) < 4.78 is 0. The summed E-state index contributed by atoms with van der Waals surface area (Å²) in [5.74, 6) is 0. The van der Waals surface area contributed by atoms with E-state index in [1.807, 2.05) is 18.4 Å². The molecular weight excluding hydrogens is 259 g/mol. The first-order valence-corrected chi connectivity index (χ1v) is 3.98. The van der Waals surface area contributed by atoms with Gasteiger partial charge in [0.05, 0.1) is 0 Å². The van der Waals surface area contributed by atoms with E-state index in [-0.39, 0.29) is 29.4 Å². The summed E-state index contributed by atoms with van der Waals surface area (Å²) in [5, 5.41) is 5.73. The van der Waals surface area contributed by atoms with Gasteiger partial charge in [0.25, 0.3) is 0 Å². The zero-order valence-electron chi connectivity index (χ0n) is 5.62. The van der Waals surface area contributed by atoms with E-state index >= 15 is 0 Å². The van der Waals surface area contributed by atoms with E-state index in [1.54, 1.807) is 18.0 Å². The lowest BCUT2D eigenvalue weighted by Crippen LogP contribution is -3.00. The lowest BCUT2D eigenvalue weighted by molar-refractivity contribution is -0.114. The number of hydrogen-bond donors (Lipinski definition) is 1. The van der Waals surface area contributed by atoms with E-state index in [4.69, 9.17) is 5.41 Å². The Kier molecular flexibility index (Phi) is 4.98. The number of aliphatic imine (C=N–C) groups is 1. The highest BCUT2D eigenvalue weighted by Crippen LogP contribution is 2.09. The molecule has 1 aliphatic rings. The first kappa shape index (κ1) is 10.2. The van der Waals surface area contributed by atoms with Crippen molar-refractivity contribution in [2.45, 2.75) is 5.37 Å². The van der Waals surface area contributed by atoms with Gasteiger partial charge in [-0.3, -0.25) is 10.4 Å². The number of halogens is 1. The Morgan fingerprint density at radius 2 is 2.40 bits per heavy atom. The number of nitrogens with zero attached hydrogens (tertiary/aromatic N) is 1. The summed E-state index contributed by atoms with van der Waals surface area (Å²) in [7, 11) is 0. The van der Waals surface area contributed by atoms with Crippen molar-refractivity contribution >= 4 is 23.7 Å². The Morgan fingerprint density at radius 3 is 2.80 bits per heavy atom. The third-order valence-electron chi connectivity index (χ3n) is 1.10. The summed E-state index contributed by atoms with van der Waals surface area (Å²) in [6.07, 6.45) is 7.50. The van der Waals surface area contributed by atoms with Crippen LogP contribution in [-0.2, 0) is 0 Å². The molecule has 0 aromatic heterocycles. The number of hydrogen-bond acceptors (Lipinski definition) is 2. The molecule has 4 heteroatoms. The summed E-state index contributed by atoms with van der Waals surface area (Å²) >= 11 is 1.64. The van der Waals surface area contributed by atoms with Crippen molar-refractivity contribution in [3.05, 3.63) is 12.2 Å². The number of nitrogens with two attached hydrogens (primary N) is 1. The summed E-state index contributed by atoms with van der Waals surface area (Å²) in [4.78, 5) is 4.12.